The number of hydrogen-bond donors (Lipinski definition) is 0. The summed E-state index contributed by atoms with van der Waals surface area (Å²) >= 11 is 1.84. The van der Waals surface area contributed by atoms with Gasteiger partial charge in [0.05, 0.1) is 18.3 Å². The van der Waals surface area contributed by atoms with Crippen LogP contribution in [0.3, 0.4) is 0 Å². The molecule has 3 aromatic heterocycles. The van der Waals surface area contributed by atoms with E-state index in [2.05, 4.69) is 18.7 Å². The third-order valence-electron chi connectivity index (χ3n) is 6.58. The van der Waals surface area contributed by atoms with Crippen LogP contribution in [0.25, 0.3) is 10.2 Å². The van der Waals surface area contributed by atoms with Crippen molar-refractivity contribution in [3.63, 3.8) is 0 Å². The van der Waals surface area contributed by atoms with Gasteiger partial charge in [-0.25, -0.2) is 9.97 Å². The van der Waals surface area contributed by atoms with Crippen molar-refractivity contribution in [3.05, 3.63) is 40.4 Å². The van der Waals surface area contributed by atoms with E-state index in [1.54, 1.807) is 25.5 Å². The Morgan fingerprint density at radius 3 is 2.78 bits per heavy atom. The number of hydrogen-bond acceptors (Lipinski definition) is 7. The van der Waals surface area contributed by atoms with Gasteiger partial charge in [-0.05, 0) is 42.4 Å². The summed E-state index contributed by atoms with van der Waals surface area (Å²) in [7, 11) is 1.71. The molecule has 0 aromatic carbocycles. The molecule has 0 atom stereocenters. The Labute approximate surface area is 192 Å². The van der Waals surface area contributed by atoms with E-state index in [9.17, 15) is 4.79 Å². The number of aromatic nitrogens is 2. The Kier molecular flexibility index (Phi) is 5.67. The van der Waals surface area contributed by atoms with Gasteiger partial charge in [0.2, 0.25) is 0 Å². The predicted molar refractivity (Wildman–Crippen MR) is 126 cm³/mol. The first-order valence-electron chi connectivity index (χ1n) is 11.3. The zero-order valence-electron chi connectivity index (χ0n) is 19.0. The number of fused-ring (bicyclic) bond motifs is 3. The quantitative estimate of drug-likeness (QED) is 0.581. The summed E-state index contributed by atoms with van der Waals surface area (Å²) in [6, 6.07) is 3.48. The number of ether oxygens (including phenoxy) is 1. The molecule has 3 aromatic rings. The molecule has 0 bridgehead atoms. The van der Waals surface area contributed by atoms with Gasteiger partial charge in [-0.15, -0.1) is 11.3 Å². The topological polar surface area (TPSA) is 71.7 Å². The average Bonchev–Trinajstić information content (AvgIpc) is 3.43. The number of methoxy groups -OCH3 is 1. The molecule has 170 valence electrons. The van der Waals surface area contributed by atoms with Crippen molar-refractivity contribution in [1.82, 2.24) is 14.9 Å². The van der Waals surface area contributed by atoms with Gasteiger partial charge in [-0.1, -0.05) is 13.8 Å². The van der Waals surface area contributed by atoms with Crippen molar-refractivity contribution in [2.24, 2.45) is 5.41 Å². The summed E-state index contributed by atoms with van der Waals surface area (Å²) in [6.07, 6.45) is 5.60. The molecule has 0 unspecified atom stereocenters. The maximum Gasteiger partial charge on any atom is 0.289 e. The highest BCUT2D eigenvalue weighted by atomic mass is 32.1. The molecule has 4 heterocycles. The van der Waals surface area contributed by atoms with E-state index in [0.29, 0.717) is 37.3 Å². The fourth-order valence-electron chi connectivity index (χ4n) is 4.73. The van der Waals surface area contributed by atoms with Gasteiger partial charge >= 0.3 is 0 Å². The molecule has 5 rings (SSSR count). The van der Waals surface area contributed by atoms with Crippen LogP contribution in [0, 0.1) is 5.41 Å². The lowest BCUT2D eigenvalue weighted by Crippen LogP contribution is -2.49. The number of rotatable bonds is 5. The number of piperazine rings is 1. The van der Waals surface area contributed by atoms with Crippen LogP contribution in [-0.2, 0) is 24.0 Å². The van der Waals surface area contributed by atoms with Crippen LogP contribution in [0.15, 0.2) is 22.8 Å². The van der Waals surface area contributed by atoms with Crippen molar-refractivity contribution in [2.75, 3.05) is 44.8 Å². The Morgan fingerprint density at radius 2 is 2.06 bits per heavy atom. The third-order valence-corrected chi connectivity index (χ3v) is 7.71. The lowest BCUT2D eigenvalue weighted by molar-refractivity contribution is 0.0714. The molecule has 1 fully saturated rings. The molecule has 2 aliphatic rings. The minimum Gasteiger partial charge on any atom is -0.459 e. The summed E-state index contributed by atoms with van der Waals surface area (Å²) in [5.41, 5.74) is 1.77. The lowest BCUT2D eigenvalue weighted by Gasteiger charge is -2.36. The van der Waals surface area contributed by atoms with Crippen LogP contribution < -0.4 is 4.90 Å². The van der Waals surface area contributed by atoms with Gasteiger partial charge in [0.15, 0.2) is 5.76 Å². The molecule has 0 saturated carbocycles. The lowest BCUT2D eigenvalue weighted by atomic mass is 9.77. The van der Waals surface area contributed by atoms with Gasteiger partial charge in [0.1, 0.15) is 16.5 Å². The van der Waals surface area contributed by atoms with Gasteiger partial charge < -0.3 is 19.0 Å². The second kappa shape index (κ2) is 8.48. The number of anilines is 1. The summed E-state index contributed by atoms with van der Waals surface area (Å²) < 4.78 is 10.6. The zero-order valence-corrected chi connectivity index (χ0v) is 19.8. The molecule has 1 aliphatic carbocycles. The molecule has 7 nitrogen and oxygen atoms in total. The molecule has 32 heavy (non-hydrogen) atoms. The maximum atomic E-state index is 12.7. The first-order valence-corrected chi connectivity index (χ1v) is 12.1. The second-order valence-corrected chi connectivity index (χ2v) is 10.6. The summed E-state index contributed by atoms with van der Waals surface area (Å²) in [5.74, 6) is 2.22. The standard InChI is InChI=1S/C24H30N4O3S/c1-24(2)8-6-16-18(15-24)32-22-20(16)21(25-19(26-22)7-14-30-3)27-9-11-28(12-10-27)23(29)17-5-4-13-31-17/h4-5,13H,6-12,14-15H2,1-3H3. The Bertz CT molecular complexity index is 1110. The first-order chi connectivity index (χ1) is 15.4. The summed E-state index contributed by atoms with van der Waals surface area (Å²) in [6.45, 7) is 8.11. The molecule has 0 radical (unpaired) electrons. The maximum absolute atomic E-state index is 12.7. The van der Waals surface area contributed by atoms with Gasteiger partial charge in [0, 0.05) is 44.6 Å². The van der Waals surface area contributed by atoms with E-state index in [-0.39, 0.29) is 5.91 Å². The fourth-order valence-corrected chi connectivity index (χ4v) is 6.22. The largest absolute Gasteiger partial charge is 0.459 e. The Balaban J connectivity index is 1.46. The van der Waals surface area contributed by atoms with Gasteiger partial charge in [0.25, 0.3) is 5.91 Å². The van der Waals surface area contributed by atoms with Gasteiger partial charge in [-0.2, -0.15) is 0 Å². The van der Waals surface area contributed by atoms with E-state index in [1.807, 2.05) is 16.2 Å². The van der Waals surface area contributed by atoms with E-state index in [4.69, 9.17) is 19.1 Å². The zero-order chi connectivity index (χ0) is 22.3. The smallest absolute Gasteiger partial charge is 0.289 e. The normalized spacial score (nSPS) is 18.2. The molecule has 0 N–H and O–H groups in total. The van der Waals surface area contributed by atoms with E-state index < -0.39 is 0 Å². The molecule has 1 saturated heterocycles. The molecule has 1 amide bonds. The molecular weight excluding hydrogens is 424 g/mol. The number of furan rings is 1. The van der Waals surface area contributed by atoms with Crippen molar-refractivity contribution >= 4 is 33.3 Å². The van der Waals surface area contributed by atoms with E-state index in [1.165, 1.54) is 22.2 Å². The average molecular weight is 455 g/mol. The number of nitrogens with zero attached hydrogens (tertiary/aromatic N) is 4. The van der Waals surface area contributed by atoms with Crippen LogP contribution in [-0.4, -0.2) is 60.7 Å². The van der Waals surface area contributed by atoms with Crippen molar-refractivity contribution in [1.29, 1.82) is 0 Å². The van der Waals surface area contributed by atoms with Crippen molar-refractivity contribution in [2.45, 2.75) is 39.5 Å². The highest BCUT2D eigenvalue weighted by Crippen LogP contribution is 2.44. The molecule has 0 spiro atoms. The van der Waals surface area contributed by atoms with Crippen LogP contribution in [0.2, 0.25) is 0 Å². The van der Waals surface area contributed by atoms with E-state index in [0.717, 1.165) is 42.4 Å². The third kappa shape index (κ3) is 4.01. The second-order valence-electron chi connectivity index (χ2n) is 9.49. The SMILES string of the molecule is COCCc1nc(N2CCN(C(=O)c3ccco3)CC2)c2c3c(sc2n1)CC(C)(C)CC3. The Hall–Kier alpha value is -2.45. The Morgan fingerprint density at radius 1 is 1.25 bits per heavy atom. The molecular formula is C24H30N4O3S. The first kappa shape index (κ1) is 21.4. The summed E-state index contributed by atoms with van der Waals surface area (Å²) in [4.78, 5) is 29.4. The fraction of sp³-hybridized carbons (Fsp3) is 0.542. The van der Waals surface area contributed by atoms with E-state index >= 15 is 0 Å². The van der Waals surface area contributed by atoms with Crippen LogP contribution in [0.4, 0.5) is 5.82 Å². The van der Waals surface area contributed by atoms with Crippen LogP contribution in [0.1, 0.15) is 47.1 Å². The van der Waals surface area contributed by atoms with Crippen molar-refractivity contribution < 1.29 is 13.9 Å². The number of amides is 1. The number of carbonyl (C=O) groups is 1. The molecule has 1 aliphatic heterocycles. The highest BCUT2D eigenvalue weighted by Gasteiger charge is 2.32. The minimum atomic E-state index is -0.0431. The van der Waals surface area contributed by atoms with Gasteiger partial charge in [-0.3, -0.25) is 4.79 Å². The highest BCUT2D eigenvalue weighted by molar-refractivity contribution is 7.19. The van der Waals surface area contributed by atoms with Crippen molar-refractivity contribution in [3.8, 4) is 0 Å². The van der Waals surface area contributed by atoms with Crippen LogP contribution in [0.5, 0.6) is 0 Å². The van der Waals surface area contributed by atoms with Crippen LogP contribution >= 0.6 is 11.3 Å². The molecule has 8 heteroatoms. The number of aryl methyl sites for hydroxylation is 1. The monoisotopic (exact) mass is 454 g/mol. The number of carbonyl (C=O) groups excluding carboxylic acids is 1. The summed E-state index contributed by atoms with van der Waals surface area (Å²) in [5, 5.41) is 1.23. The minimum absolute atomic E-state index is 0.0431. The number of thiophene rings is 1. The predicted octanol–water partition coefficient (Wildman–Crippen LogP) is 3.95.